The smallest absolute Gasteiger partial charge is 0.416 e. The second-order valence-electron chi connectivity index (χ2n) is 5.13. The quantitative estimate of drug-likeness (QED) is 0.607. The standard InChI is InChI=1S/C17H16F3N3O3/c1-25-15-8-11(9-22-23-16(21)24)5-6-14(15)26-10-12-3-2-4-13(7-12)17(18,19)20/h2-9H,10H2,1H3,(H3,21,23,24). The Morgan fingerprint density at radius 2 is 2.00 bits per heavy atom. The summed E-state index contributed by atoms with van der Waals surface area (Å²) in [6.07, 6.45) is -3.06. The first-order valence-electron chi connectivity index (χ1n) is 7.35. The second kappa shape index (κ2) is 8.24. The molecule has 9 heteroatoms. The van der Waals surface area contributed by atoms with Gasteiger partial charge in [0.15, 0.2) is 11.5 Å². The van der Waals surface area contributed by atoms with Crippen molar-refractivity contribution in [2.24, 2.45) is 10.8 Å². The summed E-state index contributed by atoms with van der Waals surface area (Å²) in [4.78, 5) is 10.6. The van der Waals surface area contributed by atoms with Gasteiger partial charge in [-0.15, -0.1) is 0 Å². The van der Waals surface area contributed by atoms with Crippen molar-refractivity contribution in [1.82, 2.24) is 5.43 Å². The number of primary amides is 1. The summed E-state index contributed by atoms with van der Waals surface area (Å²) in [5, 5.41) is 3.62. The number of nitrogens with two attached hydrogens (primary N) is 1. The van der Waals surface area contributed by atoms with Gasteiger partial charge in [0.05, 0.1) is 18.9 Å². The van der Waals surface area contributed by atoms with Crippen LogP contribution in [0.2, 0.25) is 0 Å². The highest BCUT2D eigenvalue weighted by molar-refractivity contribution is 5.82. The molecule has 26 heavy (non-hydrogen) atoms. The number of carbonyl (C=O) groups is 1. The highest BCUT2D eigenvalue weighted by Crippen LogP contribution is 2.31. The number of ether oxygens (including phenoxy) is 2. The lowest BCUT2D eigenvalue weighted by atomic mass is 10.1. The van der Waals surface area contributed by atoms with Crippen LogP contribution in [0.3, 0.4) is 0 Å². The average Bonchev–Trinajstić information content (AvgIpc) is 2.59. The molecule has 0 bridgehead atoms. The van der Waals surface area contributed by atoms with Crippen molar-refractivity contribution in [3.8, 4) is 11.5 Å². The van der Waals surface area contributed by atoms with E-state index >= 15 is 0 Å². The van der Waals surface area contributed by atoms with E-state index in [4.69, 9.17) is 15.2 Å². The fraction of sp³-hybridized carbons (Fsp3) is 0.176. The number of amides is 2. The molecule has 0 atom stereocenters. The van der Waals surface area contributed by atoms with Gasteiger partial charge in [-0.1, -0.05) is 12.1 Å². The average molecular weight is 367 g/mol. The largest absolute Gasteiger partial charge is 0.493 e. The highest BCUT2D eigenvalue weighted by atomic mass is 19.4. The lowest BCUT2D eigenvalue weighted by Crippen LogP contribution is -2.24. The summed E-state index contributed by atoms with van der Waals surface area (Å²) in [7, 11) is 1.43. The van der Waals surface area contributed by atoms with E-state index in [1.807, 2.05) is 0 Å². The Morgan fingerprint density at radius 1 is 1.23 bits per heavy atom. The Balaban J connectivity index is 2.10. The Bertz CT molecular complexity index is 807. The number of hydrogen-bond donors (Lipinski definition) is 2. The van der Waals surface area contributed by atoms with Crippen molar-refractivity contribution in [2.45, 2.75) is 12.8 Å². The molecule has 0 aliphatic heterocycles. The lowest BCUT2D eigenvalue weighted by Gasteiger charge is -2.12. The van der Waals surface area contributed by atoms with Crippen molar-refractivity contribution in [2.75, 3.05) is 7.11 Å². The molecular formula is C17H16F3N3O3. The second-order valence-corrected chi connectivity index (χ2v) is 5.13. The Hall–Kier alpha value is -3.23. The molecule has 6 nitrogen and oxygen atoms in total. The monoisotopic (exact) mass is 367 g/mol. The molecule has 0 unspecified atom stereocenters. The molecule has 0 heterocycles. The van der Waals surface area contributed by atoms with Gasteiger partial charge in [-0.05, 0) is 41.5 Å². The van der Waals surface area contributed by atoms with Crippen molar-refractivity contribution in [1.29, 1.82) is 0 Å². The molecule has 138 valence electrons. The van der Waals surface area contributed by atoms with Gasteiger partial charge in [0.25, 0.3) is 0 Å². The number of hydrazone groups is 1. The van der Waals surface area contributed by atoms with Gasteiger partial charge in [0.2, 0.25) is 0 Å². The molecule has 2 aromatic rings. The van der Waals surface area contributed by atoms with Crippen LogP contribution < -0.4 is 20.6 Å². The molecule has 0 saturated heterocycles. The maximum absolute atomic E-state index is 12.7. The molecular weight excluding hydrogens is 351 g/mol. The van der Waals surface area contributed by atoms with E-state index in [1.54, 1.807) is 18.2 Å². The van der Waals surface area contributed by atoms with Crippen LogP contribution in [0.15, 0.2) is 47.6 Å². The molecule has 0 saturated carbocycles. The number of urea groups is 1. The normalized spacial score (nSPS) is 11.4. The third kappa shape index (κ3) is 5.40. The highest BCUT2D eigenvalue weighted by Gasteiger charge is 2.30. The number of alkyl halides is 3. The number of rotatable bonds is 6. The zero-order valence-electron chi connectivity index (χ0n) is 13.7. The zero-order chi connectivity index (χ0) is 19.2. The number of nitrogens with one attached hydrogen (secondary N) is 1. The predicted octanol–water partition coefficient (Wildman–Crippen LogP) is 3.30. The van der Waals surface area contributed by atoms with E-state index in [-0.39, 0.29) is 6.61 Å². The van der Waals surface area contributed by atoms with Crippen LogP contribution in [-0.4, -0.2) is 19.4 Å². The fourth-order valence-electron chi connectivity index (χ4n) is 2.05. The molecule has 2 amide bonds. The van der Waals surface area contributed by atoms with Crippen molar-refractivity contribution >= 4 is 12.2 Å². The fourth-order valence-corrected chi connectivity index (χ4v) is 2.05. The maximum Gasteiger partial charge on any atom is 0.416 e. The van der Waals surface area contributed by atoms with Gasteiger partial charge >= 0.3 is 12.2 Å². The third-order valence-corrected chi connectivity index (χ3v) is 3.22. The summed E-state index contributed by atoms with van der Waals surface area (Å²) in [6.45, 7) is -0.0586. The zero-order valence-corrected chi connectivity index (χ0v) is 13.7. The van der Waals surface area contributed by atoms with Gasteiger partial charge in [0, 0.05) is 0 Å². The number of benzene rings is 2. The summed E-state index contributed by atoms with van der Waals surface area (Å²) in [5.74, 6) is 0.713. The third-order valence-electron chi connectivity index (χ3n) is 3.22. The molecule has 0 spiro atoms. The van der Waals surface area contributed by atoms with Crippen LogP contribution in [0.1, 0.15) is 16.7 Å². The van der Waals surface area contributed by atoms with Crippen LogP contribution in [0.4, 0.5) is 18.0 Å². The lowest BCUT2D eigenvalue weighted by molar-refractivity contribution is -0.137. The van der Waals surface area contributed by atoms with Gasteiger partial charge in [-0.25, -0.2) is 10.2 Å². The molecule has 2 aromatic carbocycles. The minimum absolute atomic E-state index is 0.0586. The Morgan fingerprint density at radius 3 is 2.65 bits per heavy atom. The molecule has 0 aromatic heterocycles. The number of hydrogen-bond acceptors (Lipinski definition) is 4. The maximum atomic E-state index is 12.7. The van der Waals surface area contributed by atoms with Gasteiger partial charge in [-0.3, -0.25) is 0 Å². The summed E-state index contributed by atoms with van der Waals surface area (Å²) in [5.41, 5.74) is 7.18. The van der Waals surface area contributed by atoms with Crippen LogP contribution in [0.25, 0.3) is 0 Å². The van der Waals surface area contributed by atoms with Crippen molar-refractivity contribution in [3.05, 3.63) is 59.2 Å². The summed E-state index contributed by atoms with van der Waals surface area (Å²) >= 11 is 0. The van der Waals surface area contributed by atoms with E-state index in [9.17, 15) is 18.0 Å². The van der Waals surface area contributed by atoms with Crippen LogP contribution >= 0.6 is 0 Å². The molecule has 0 radical (unpaired) electrons. The van der Waals surface area contributed by atoms with E-state index in [0.717, 1.165) is 12.1 Å². The first-order valence-corrected chi connectivity index (χ1v) is 7.35. The number of halogens is 3. The summed E-state index contributed by atoms with van der Waals surface area (Å²) < 4.78 is 49.0. The summed E-state index contributed by atoms with van der Waals surface area (Å²) in [6, 6.07) is 8.90. The molecule has 0 aliphatic rings. The minimum atomic E-state index is -4.41. The topological polar surface area (TPSA) is 85.9 Å². The molecule has 2 rings (SSSR count). The SMILES string of the molecule is COc1cc(C=NNC(N)=O)ccc1OCc1cccc(C(F)(F)F)c1. The van der Waals surface area contributed by atoms with Gasteiger partial charge in [-0.2, -0.15) is 18.3 Å². The predicted molar refractivity (Wildman–Crippen MR) is 89.1 cm³/mol. The number of carbonyl (C=O) groups excluding carboxylic acids is 1. The molecule has 3 N–H and O–H groups in total. The number of nitrogens with zero attached hydrogens (tertiary/aromatic N) is 1. The first-order chi connectivity index (χ1) is 12.3. The number of methoxy groups -OCH3 is 1. The minimum Gasteiger partial charge on any atom is -0.493 e. The molecule has 0 fully saturated rings. The first kappa shape index (κ1) is 19.1. The van der Waals surface area contributed by atoms with Gasteiger partial charge in [0.1, 0.15) is 6.61 Å². The van der Waals surface area contributed by atoms with Crippen LogP contribution in [0, 0.1) is 0 Å². The van der Waals surface area contributed by atoms with Gasteiger partial charge < -0.3 is 15.2 Å². The van der Waals surface area contributed by atoms with E-state index in [2.05, 4.69) is 10.5 Å². The van der Waals surface area contributed by atoms with E-state index < -0.39 is 17.8 Å². The Kier molecular flexibility index (Phi) is 6.05. The van der Waals surface area contributed by atoms with Crippen molar-refractivity contribution < 1.29 is 27.4 Å². The van der Waals surface area contributed by atoms with E-state index in [0.29, 0.717) is 22.6 Å². The van der Waals surface area contributed by atoms with Crippen molar-refractivity contribution in [3.63, 3.8) is 0 Å². The van der Waals surface area contributed by atoms with Crippen LogP contribution in [0.5, 0.6) is 11.5 Å². The molecule has 0 aliphatic carbocycles. The van der Waals surface area contributed by atoms with Crippen LogP contribution in [-0.2, 0) is 12.8 Å². The Labute approximate surface area is 147 Å². The van der Waals surface area contributed by atoms with E-state index in [1.165, 1.54) is 25.5 Å².